The van der Waals surface area contributed by atoms with Crippen molar-refractivity contribution < 1.29 is 13.2 Å². The Kier molecular flexibility index (Phi) is 3.82. The largest absolute Gasteiger partial charge is 0.459 e. The lowest BCUT2D eigenvalue weighted by Crippen LogP contribution is -2.11. The summed E-state index contributed by atoms with van der Waals surface area (Å²) in [4.78, 5) is 0. The first-order valence-corrected chi connectivity index (χ1v) is 6.24. The molecule has 1 atom stereocenters. The second-order valence-corrected chi connectivity index (χ2v) is 4.81. The monoisotopic (exact) mass is 315 g/mol. The van der Waals surface area contributed by atoms with Gasteiger partial charge in [-0.1, -0.05) is 0 Å². The summed E-state index contributed by atoms with van der Waals surface area (Å²) in [5.41, 5.74) is 0.234. The van der Waals surface area contributed by atoms with Crippen LogP contribution in [-0.2, 0) is 0 Å². The standard InChI is InChI=1S/C13H12BrF2NO/c1-7(17-2)12-3-4-13(18-12)8-5-9(14)11(16)6-10(8)15/h3-7,17H,1-2H3. The van der Waals surface area contributed by atoms with Crippen LogP contribution in [-0.4, -0.2) is 7.05 Å². The molecule has 1 aromatic carbocycles. The molecule has 5 heteroatoms. The predicted octanol–water partition coefficient (Wildman–Crippen LogP) is 4.27. The van der Waals surface area contributed by atoms with Gasteiger partial charge in [0.25, 0.3) is 0 Å². The minimum atomic E-state index is -0.645. The molecule has 18 heavy (non-hydrogen) atoms. The van der Waals surface area contributed by atoms with E-state index >= 15 is 0 Å². The second-order valence-electron chi connectivity index (χ2n) is 3.96. The van der Waals surface area contributed by atoms with Crippen molar-refractivity contribution in [2.24, 2.45) is 0 Å². The molecule has 96 valence electrons. The first kappa shape index (κ1) is 13.2. The van der Waals surface area contributed by atoms with Crippen LogP contribution in [0.1, 0.15) is 18.7 Å². The highest BCUT2D eigenvalue weighted by molar-refractivity contribution is 9.10. The molecule has 0 aliphatic heterocycles. The van der Waals surface area contributed by atoms with E-state index in [1.165, 1.54) is 6.07 Å². The van der Waals surface area contributed by atoms with E-state index in [1.807, 2.05) is 14.0 Å². The zero-order valence-electron chi connectivity index (χ0n) is 9.93. The van der Waals surface area contributed by atoms with Crippen molar-refractivity contribution >= 4 is 15.9 Å². The molecule has 0 saturated heterocycles. The molecule has 1 unspecified atom stereocenters. The van der Waals surface area contributed by atoms with Crippen molar-refractivity contribution in [2.45, 2.75) is 13.0 Å². The van der Waals surface area contributed by atoms with Crippen molar-refractivity contribution in [1.29, 1.82) is 0 Å². The molecule has 0 radical (unpaired) electrons. The maximum absolute atomic E-state index is 13.7. The topological polar surface area (TPSA) is 25.2 Å². The highest BCUT2D eigenvalue weighted by Gasteiger charge is 2.15. The van der Waals surface area contributed by atoms with Gasteiger partial charge in [0.15, 0.2) is 0 Å². The molecule has 0 fully saturated rings. The third-order valence-electron chi connectivity index (χ3n) is 2.76. The summed E-state index contributed by atoms with van der Waals surface area (Å²) in [6, 6.07) is 5.69. The van der Waals surface area contributed by atoms with Gasteiger partial charge in [0, 0.05) is 6.07 Å². The van der Waals surface area contributed by atoms with Crippen LogP contribution in [0.15, 0.2) is 33.2 Å². The van der Waals surface area contributed by atoms with Crippen LogP contribution >= 0.6 is 15.9 Å². The first-order valence-electron chi connectivity index (χ1n) is 5.45. The van der Waals surface area contributed by atoms with Crippen LogP contribution in [0.4, 0.5) is 8.78 Å². The molecule has 0 spiro atoms. The summed E-state index contributed by atoms with van der Waals surface area (Å²) in [7, 11) is 1.81. The maximum Gasteiger partial charge on any atom is 0.140 e. The predicted molar refractivity (Wildman–Crippen MR) is 69.2 cm³/mol. The van der Waals surface area contributed by atoms with Gasteiger partial charge in [0.05, 0.1) is 16.1 Å². The third-order valence-corrected chi connectivity index (χ3v) is 3.37. The third kappa shape index (κ3) is 2.47. The molecule has 1 N–H and O–H groups in total. The van der Waals surface area contributed by atoms with E-state index in [1.54, 1.807) is 12.1 Å². The number of hydrogen-bond acceptors (Lipinski definition) is 2. The molecule has 2 aromatic rings. The fraction of sp³-hybridized carbons (Fsp3) is 0.231. The van der Waals surface area contributed by atoms with Gasteiger partial charge >= 0.3 is 0 Å². The van der Waals surface area contributed by atoms with E-state index in [0.717, 1.165) is 6.07 Å². The van der Waals surface area contributed by atoms with Crippen LogP contribution < -0.4 is 5.32 Å². The summed E-state index contributed by atoms with van der Waals surface area (Å²) < 4.78 is 32.6. The number of benzene rings is 1. The number of rotatable bonds is 3. The normalized spacial score (nSPS) is 12.7. The average molecular weight is 316 g/mol. The van der Waals surface area contributed by atoms with Crippen molar-refractivity contribution in [3.8, 4) is 11.3 Å². The van der Waals surface area contributed by atoms with Crippen molar-refractivity contribution in [1.82, 2.24) is 5.32 Å². The second kappa shape index (κ2) is 5.20. The van der Waals surface area contributed by atoms with Gasteiger partial charge in [-0.15, -0.1) is 0 Å². The number of furan rings is 1. The highest BCUT2D eigenvalue weighted by Crippen LogP contribution is 2.30. The molecule has 2 nitrogen and oxygen atoms in total. The first-order chi connectivity index (χ1) is 8.52. The van der Waals surface area contributed by atoms with E-state index in [0.29, 0.717) is 11.5 Å². The Bertz CT molecular complexity index is 568. The Morgan fingerprint density at radius 2 is 1.94 bits per heavy atom. The lowest BCUT2D eigenvalue weighted by Gasteiger charge is -2.06. The molecular formula is C13H12BrF2NO. The van der Waals surface area contributed by atoms with Gasteiger partial charge in [-0.05, 0) is 48.1 Å². The lowest BCUT2D eigenvalue weighted by molar-refractivity contribution is 0.456. The van der Waals surface area contributed by atoms with Gasteiger partial charge in [-0.2, -0.15) is 0 Å². The van der Waals surface area contributed by atoms with Crippen LogP contribution in [0.25, 0.3) is 11.3 Å². The minimum Gasteiger partial charge on any atom is -0.459 e. The zero-order chi connectivity index (χ0) is 13.3. The number of nitrogens with one attached hydrogen (secondary N) is 1. The van der Waals surface area contributed by atoms with Gasteiger partial charge in [0.1, 0.15) is 23.2 Å². The summed E-state index contributed by atoms with van der Waals surface area (Å²) in [5.74, 6) is -0.196. The fourth-order valence-electron chi connectivity index (χ4n) is 1.58. The molecule has 0 saturated carbocycles. The quantitative estimate of drug-likeness (QED) is 0.856. The van der Waals surface area contributed by atoms with Crippen LogP contribution in [0.5, 0.6) is 0 Å². The lowest BCUT2D eigenvalue weighted by atomic mass is 10.1. The van der Waals surface area contributed by atoms with Crippen molar-refractivity contribution in [2.75, 3.05) is 7.05 Å². The highest BCUT2D eigenvalue weighted by atomic mass is 79.9. The Morgan fingerprint density at radius 1 is 1.22 bits per heavy atom. The Hall–Kier alpha value is -1.20. The number of hydrogen-bond donors (Lipinski definition) is 1. The molecular weight excluding hydrogens is 304 g/mol. The van der Waals surface area contributed by atoms with Crippen molar-refractivity contribution in [3.63, 3.8) is 0 Å². The molecule has 1 aromatic heterocycles. The van der Waals surface area contributed by atoms with Crippen LogP contribution in [0, 0.1) is 11.6 Å². The zero-order valence-corrected chi connectivity index (χ0v) is 11.5. The molecule has 0 aliphatic carbocycles. The van der Waals surface area contributed by atoms with Gasteiger partial charge < -0.3 is 9.73 Å². The molecule has 1 heterocycles. The van der Waals surface area contributed by atoms with Gasteiger partial charge in [0.2, 0.25) is 0 Å². The maximum atomic E-state index is 13.7. The van der Waals surface area contributed by atoms with Crippen LogP contribution in [0.2, 0.25) is 0 Å². The summed E-state index contributed by atoms with van der Waals surface area (Å²) in [6.07, 6.45) is 0. The average Bonchev–Trinajstić information content (AvgIpc) is 2.82. The van der Waals surface area contributed by atoms with Crippen LogP contribution in [0.3, 0.4) is 0 Å². The molecule has 0 aliphatic rings. The van der Waals surface area contributed by atoms with Crippen molar-refractivity contribution in [3.05, 3.63) is 46.1 Å². The van der Waals surface area contributed by atoms with Gasteiger partial charge in [-0.3, -0.25) is 0 Å². The van der Waals surface area contributed by atoms with Gasteiger partial charge in [-0.25, -0.2) is 8.78 Å². The minimum absolute atomic E-state index is 0.0331. The Labute approximate surface area is 112 Å². The fourth-order valence-corrected chi connectivity index (χ4v) is 1.93. The smallest absolute Gasteiger partial charge is 0.140 e. The SMILES string of the molecule is CNC(C)c1ccc(-c2cc(Br)c(F)cc2F)o1. The van der Waals surface area contributed by atoms with E-state index in [4.69, 9.17) is 4.42 Å². The Morgan fingerprint density at radius 3 is 2.61 bits per heavy atom. The Balaban J connectivity index is 2.43. The molecule has 2 rings (SSSR count). The summed E-state index contributed by atoms with van der Waals surface area (Å²) >= 11 is 3.03. The summed E-state index contributed by atoms with van der Waals surface area (Å²) in [5, 5.41) is 3.02. The number of halogens is 3. The van der Waals surface area contributed by atoms with E-state index in [2.05, 4.69) is 21.2 Å². The summed E-state index contributed by atoms with van der Waals surface area (Å²) in [6.45, 7) is 1.93. The molecule has 0 bridgehead atoms. The van der Waals surface area contributed by atoms with E-state index in [9.17, 15) is 8.78 Å². The van der Waals surface area contributed by atoms with E-state index in [-0.39, 0.29) is 16.1 Å². The van der Waals surface area contributed by atoms with E-state index < -0.39 is 11.6 Å². The molecule has 0 amide bonds.